The van der Waals surface area contributed by atoms with Gasteiger partial charge in [0.15, 0.2) is 0 Å². The Kier molecular flexibility index (Phi) is 7.11. The van der Waals surface area contributed by atoms with Crippen molar-refractivity contribution in [3.8, 4) is 0 Å². The first kappa shape index (κ1) is 25.2. The number of nitrogens with zero attached hydrogens (tertiary/aromatic N) is 1. The van der Waals surface area contributed by atoms with Crippen LogP contribution in [0.5, 0.6) is 0 Å². The second-order valence-corrected chi connectivity index (χ2v) is 11.0. The molecule has 4 aliphatic rings. The summed E-state index contributed by atoms with van der Waals surface area (Å²) in [5, 5.41) is 66.2. The van der Waals surface area contributed by atoms with E-state index >= 15 is 0 Å². The Hall–Kier alpha value is -0.870. The van der Waals surface area contributed by atoms with Crippen molar-refractivity contribution in [3.63, 3.8) is 0 Å². The molecule has 8 nitrogen and oxygen atoms in total. The van der Waals surface area contributed by atoms with Crippen LogP contribution in [-0.4, -0.2) is 97.1 Å². The van der Waals surface area contributed by atoms with Gasteiger partial charge in [0.25, 0.3) is 0 Å². The lowest BCUT2D eigenvalue weighted by molar-refractivity contribution is -0.273. The monoisotopic (exact) mass is 467 g/mol. The first-order valence-electron chi connectivity index (χ1n) is 12.6. The highest BCUT2D eigenvalue weighted by molar-refractivity contribution is 5.84. The summed E-state index contributed by atoms with van der Waals surface area (Å²) in [6.07, 6.45) is -1.27. The standard InChI is InChI=1S/C25H41NO7/c1-4-26(5-2)11-13-6-7-17(28)21-16(13)9-14-8-15-10-18(29)19(12(3)27)23(31)25(15,33)24(32)20(14)22(21)30/h6-7,12-17,19-24,27-28,30-33H,4-5,8-11H2,1-3H3/t12?,13?,14-,15+,16?,17?,19?,20?,21?,22?,23?,24?,25-/m1/s1. The molecule has 188 valence electrons. The molecule has 0 amide bonds. The molecule has 0 aromatic carbocycles. The van der Waals surface area contributed by atoms with Crippen LogP contribution in [0.25, 0.3) is 0 Å². The zero-order valence-corrected chi connectivity index (χ0v) is 19.9. The summed E-state index contributed by atoms with van der Waals surface area (Å²) >= 11 is 0. The van der Waals surface area contributed by atoms with E-state index in [9.17, 15) is 35.4 Å². The molecule has 0 heterocycles. The van der Waals surface area contributed by atoms with E-state index < -0.39 is 59.8 Å². The molecule has 6 N–H and O–H groups in total. The molecular formula is C25H41NO7. The number of rotatable bonds is 5. The third-order valence-corrected chi connectivity index (χ3v) is 9.50. The van der Waals surface area contributed by atoms with Gasteiger partial charge in [-0.25, -0.2) is 0 Å². The maximum Gasteiger partial charge on any atom is 0.141 e. The number of carbonyl (C=O) groups is 1. The number of ketones is 1. The Balaban J connectivity index is 1.64. The Bertz CT molecular complexity index is 755. The summed E-state index contributed by atoms with van der Waals surface area (Å²) in [6.45, 7) is 8.26. The normalized spacial score (nSPS) is 50.5. The number of hydrogen-bond acceptors (Lipinski definition) is 8. The summed E-state index contributed by atoms with van der Waals surface area (Å²) in [7, 11) is 0. The van der Waals surface area contributed by atoms with Gasteiger partial charge >= 0.3 is 0 Å². The summed E-state index contributed by atoms with van der Waals surface area (Å²) in [5.41, 5.74) is -1.99. The molecule has 0 aromatic heterocycles. The molecule has 10 unspecified atom stereocenters. The lowest BCUT2D eigenvalue weighted by atomic mass is 9.48. The van der Waals surface area contributed by atoms with Crippen LogP contribution in [0, 0.1) is 41.4 Å². The maximum absolute atomic E-state index is 12.7. The molecule has 0 aromatic rings. The molecule has 0 spiro atoms. The predicted molar refractivity (Wildman–Crippen MR) is 121 cm³/mol. The van der Waals surface area contributed by atoms with Crippen molar-refractivity contribution >= 4 is 5.78 Å². The highest BCUT2D eigenvalue weighted by atomic mass is 16.4. The van der Waals surface area contributed by atoms with Crippen molar-refractivity contribution in [1.82, 2.24) is 4.90 Å². The van der Waals surface area contributed by atoms with Crippen LogP contribution in [0.15, 0.2) is 12.2 Å². The number of carbonyl (C=O) groups excluding carboxylic acids is 1. The highest BCUT2D eigenvalue weighted by Gasteiger charge is 2.66. The second-order valence-electron chi connectivity index (χ2n) is 11.0. The van der Waals surface area contributed by atoms with Crippen molar-refractivity contribution in [3.05, 3.63) is 12.2 Å². The molecular weight excluding hydrogens is 426 g/mol. The molecule has 4 rings (SSSR count). The van der Waals surface area contributed by atoms with Gasteiger partial charge in [-0.1, -0.05) is 26.0 Å². The van der Waals surface area contributed by atoms with E-state index in [4.69, 9.17) is 0 Å². The number of fused-ring (bicyclic) bond motifs is 3. The molecule has 3 saturated carbocycles. The molecule has 3 fully saturated rings. The predicted octanol–water partition coefficient (Wildman–Crippen LogP) is -0.453. The third-order valence-electron chi connectivity index (χ3n) is 9.50. The summed E-state index contributed by atoms with van der Waals surface area (Å²) in [6, 6.07) is 0. The van der Waals surface area contributed by atoms with Crippen molar-refractivity contribution in [2.24, 2.45) is 41.4 Å². The number of Topliss-reactive ketones (excluding diaryl/α,β-unsaturated/α-hetero) is 1. The van der Waals surface area contributed by atoms with E-state index in [0.717, 1.165) is 19.6 Å². The molecule has 0 radical (unpaired) electrons. The van der Waals surface area contributed by atoms with Crippen molar-refractivity contribution in [1.29, 1.82) is 0 Å². The Labute approximate surface area is 195 Å². The van der Waals surface area contributed by atoms with Crippen LogP contribution in [-0.2, 0) is 4.79 Å². The van der Waals surface area contributed by atoms with Crippen LogP contribution >= 0.6 is 0 Å². The Morgan fingerprint density at radius 3 is 2.33 bits per heavy atom. The van der Waals surface area contributed by atoms with Crippen LogP contribution in [0.1, 0.15) is 40.0 Å². The van der Waals surface area contributed by atoms with Crippen LogP contribution in [0.4, 0.5) is 0 Å². The summed E-state index contributed by atoms with van der Waals surface area (Å²) in [5.74, 6) is -3.26. The van der Waals surface area contributed by atoms with E-state index in [-0.39, 0.29) is 30.0 Å². The van der Waals surface area contributed by atoms with Gasteiger partial charge in [0.2, 0.25) is 0 Å². The van der Waals surface area contributed by atoms with Gasteiger partial charge < -0.3 is 35.5 Å². The van der Waals surface area contributed by atoms with Gasteiger partial charge in [-0.2, -0.15) is 0 Å². The Morgan fingerprint density at radius 1 is 1.06 bits per heavy atom. The average Bonchev–Trinajstić information content (AvgIpc) is 2.75. The first-order valence-corrected chi connectivity index (χ1v) is 12.6. The summed E-state index contributed by atoms with van der Waals surface area (Å²) < 4.78 is 0. The molecule has 0 aliphatic heterocycles. The smallest absolute Gasteiger partial charge is 0.141 e. The van der Waals surface area contributed by atoms with Crippen molar-refractivity contribution in [2.75, 3.05) is 19.6 Å². The van der Waals surface area contributed by atoms with Crippen molar-refractivity contribution < 1.29 is 35.4 Å². The fourth-order valence-corrected chi connectivity index (χ4v) is 7.71. The molecule has 33 heavy (non-hydrogen) atoms. The van der Waals surface area contributed by atoms with E-state index in [1.165, 1.54) is 6.92 Å². The zero-order chi connectivity index (χ0) is 24.2. The third kappa shape index (κ3) is 3.92. The van der Waals surface area contributed by atoms with E-state index in [1.54, 1.807) is 6.08 Å². The number of aliphatic hydroxyl groups excluding tert-OH is 5. The average molecular weight is 468 g/mol. The quantitative estimate of drug-likeness (QED) is 0.299. The van der Waals surface area contributed by atoms with Crippen LogP contribution in [0.2, 0.25) is 0 Å². The number of hydrogen-bond donors (Lipinski definition) is 6. The maximum atomic E-state index is 12.7. The van der Waals surface area contributed by atoms with Gasteiger partial charge in [-0.15, -0.1) is 0 Å². The zero-order valence-electron chi connectivity index (χ0n) is 19.9. The van der Waals surface area contributed by atoms with E-state index in [2.05, 4.69) is 18.7 Å². The SMILES string of the molecule is CCN(CC)CC1C=CC(O)C2C(O)C3C(O)[C@]4(O)C(O)C(C(C)O)C(=O)C[C@@H]4C[C@@H]3CC12. The highest BCUT2D eigenvalue weighted by Crippen LogP contribution is 2.57. The van der Waals surface area contributed by atoms with E-state index in [1.807, 2.05) is 6.08 Å². The minimum Gasteiger partial charge on any atom is -0.393 e. The van der Waals surface area contributed by atoms with Gasteiger partial charge in [-0.3, -0.25) is 4.79 Å². The molecule has 4 aliphatic carbocycles. The lowest BCUT2D eigenvalue weighted by Gasteiger charge is -2.61. The van der Waals surface area contributed by atoms with Crippen LogP contribution < -0.4 is 0 Å². The minimum atomic E-state index is -1.99. The van der Waals surface area contributed by atoms with Gasteiger partial charge in [-0.05, 0) is 56.5 Å². The van der Waals surface area contributed by atoms with Gasteiger partial charge in [0.05, 0.1) is 36.4 Å². The molecule has 13 atom stereocenters. The topological polar surface area (TPSA) is 142 Å². The van der Waals surface area contributed by atoms with Crippen molar-refractivity contribution in [2.45, 2.75) is 76.2 Å². The van der Waals surface area contributed by atoms with Crippen LogP contribution in [0.3, 0.4) is 0 Å². The van der Waals surface area contributed by atoms with Gasteiger partial charge in [0.1, 0.15) is 11.4 Å². The fraction of sp³-hybridized carbons (Fsp3) is 0.880. The first-order chi connectivity index (χ1) is 15.6. The van der Waals surface area contributed by atoms with E-state index in [0.29, 0.717) is 12.8 Å². The fourth-order valence-electron chi connectivity index (χ4n) is 7.71. The molecule has 0 saturated heterocycles. The lowest BCUT2D eigenvalue weighted by Crippen LogP contribution is -2.73. The molecule has 0 bridgehead atoms. The largest absolute Gasteiger partial charge is 0.393 e. The Morgan fingerprint density at radius 2 is 1.73 bits per heavy atom. The number of aliphatic hydroxyl groups is 6. The van der Waals surface area contributed by atoms with Gasteiger partial charge in [0, 0.05) is 24.8 Å². The summed E-state index contributed by atoms with van der Waals surface area (Å²) in [4.78, 5) is 15.0. The second kappa shape index (κ2) is 9.30. The molecule has 8 heteroatoms. The minimum absolute atomic E-state index is 0.0149.